The number of carbonyl (C=O) groups is 3. The fourth-order valence-electron chi connectivity index (χ4n) is 3.88. The molecular weight excluding hydrogens is 686 g/mol. The smallest absolute Gasteiger partial charge is 0.416 e. The highest BCUT2D eigenvalue weighted by Crippen LogP contribution is 2.38. The molecule has 0 aromatic heterocycles. The molecule has 0 atom stereocenters. The van der Waals surface area contributed by atoms with E-state index in [0.29, 0.717) is 50.1 Å². The summed E-state index contributed by atoms with van der Waals surface area (Å²) in [6, 6.07) is 16.6. The van der Waals surface area contributed by atoms with E-state index in [-0.39, 0.29) is 17.2 Å². The Bertz CT molecular complexity index is 1620. The molecule has 216 valence electrons. The largest absolute Gasteiger partial charge is 0.490 e. The van der Waals surface area contributed by atoms with Gasteiger partial charge in [-0.1, -0.05) is 24.3 Å². The Morgan fingerprint density at radius 1 is 1.12 bits per heavy atom. The average molecular weight is 707 g/mol. The Kier molecular flexibility index (Phi) is 9.79. The van der Waals surface area contributed by atoms with Gasteiger partial charge in [-0.05, 0) is 89.3 Å². The lowest BCUT2D eigenvalue weighted by Crippen LogP contribution is -2.36. The van der Waals surface area contributed by atoms with E-state index in [0.717, 1.165) is 23.1 Å². The summed E-state index contributed by atoms with van der Waals surface area (Å²) in [5.41, 5.74) is 0.661. The zero-order valence-electron chi connectivity index (χ0n) is 21.8. The highest BCUT2D eigenvalue weighted by atomic mass is 127. The number of rotatable bonds is 9. The Balaban J connectivity index is 1.49. The maximum Gasteiger partial charge on any atom is 0.416 e. The minimum absolute atomic E-state index is 0.0572. The van der Waals surface area contributed by atoms with Gasteiger partial charge in [0.1, 0.15) is 13.2 Å². The Morgan fingerprint density at radius 2 is 1.88 bits per heavy atom. The maximum absolute atomic E-state index is 13.0. The van der Waals surface area contributed by atoms with Gasteiger partial charge in [0, 0.05) is 11.3 Å². The molecule has 1 fully saturated rings. The molecule has 1 aliphatic rings. The van der Waals surface area contributed by atoms with E-state index in [2.05, 4.69) is 34.0 Å². The van der Waals surface area contributed by atoms with Crippen LogP contribution in [0.3, 0.4) is 0 Å². The zero-order chi connectivity index (χ0) is 30.4. The van der Waals surface area contributed by atoms with Crippen LogP contribution < -0.4 is 14.8 Å². The van der Waals surface area contributed by atoms with Crippen molar-refractivity contribution in [2.75, 3.05) is 18.5 Å². The number of ether oxygens (including phenoxy) is 2. The predicted molar refractivity (Wildman–Crippen MR) is 159 cm³/mol. The number of nitriles is 1. The number of anilines is 1. The number of imide groups is 1. The normalized spacial score (nSPS) is 14.2. The van der Waals surface area contributed by atoms with E-state index in [4.69, 9.17) is 9.47 Å². The number of thioether (sulfide) groups is 1. The number of carbonyl (C=O) groups excluding carboxylic acids is 3. The second-order valence-corrected chi connectivity index (χ2v) is 10.9. The van der Waals surface area contributed by atoms with Gasteiger partial charge >= 0.3 is 6.18 Å². The van der Waals surface area contributed by atoms with E-state index in [1.54, 1.807) is 43.3 Å². The molecule has 8 nitrogen and oxygen atoms in total. The molecule has 13 heteroatoms. The lowest BCUT2D eigenvalue weighted by atomic mass is 10.1. The number of alkyl halides is 3. The minimum atomic E-state index is -4.59. The highest BCUT2D eigenvalue weighted by molar-refractivity contribution is 14.1. The van der Waals surface area contributed by atoms with Gasteiger partial charge in [0.15, 0.2) is 11.5 Å². The number of nitrogens with one attached hydrogen (secondary N) is 1. The fourth-order valence-corrected chi connectivity index (χ4v) is 5.50. The van der Waals surface area contributed by atoms with Crippen LogP contribution in [0.4, 0.5) is 23.7 Å². The second kappa shape index (κ2) is 13.3. The van der Waals surface area contributed by atoms with Gasteiger partial charge < -0.3 is 14.8 Å². The quantitative estimate of drug-likeness (QED) is 0.192. The first kappa shape index (κ1) is 30.9. The molecule has 0 radical (unpaired) electrons. The molecule has 42 heavy (non-hydrogen) atoms. The summed E-state index contributed by atoms with van der Waals surface area (Å²) in [4.78, 5) is 38.8. The summed E-state index contributed by atoms with van der Waals surface area (Å²) in [5, 5.41) is 10.9. The highest BCUT2D eigenvalue weighted by Gasteiger charge is 2.36. The van der Waals surface area contributed by atoms with Crippen LogP contribution in [-0.2, 0) is 22.4 Å². The molecule has 1 saturated heterocycles. The number of benzene rings is 3. The van der Waals surface area contributed by atoms with E-state index >= 15 is 0 Å². The van der Waals surface area contributed by atoms with Crippen molar-refractivity contribution < 1.29 is 37.0 Å². The third-order valence-corrected chi connectivity index (χ3v) is 7.50. The first-order valence-corrected chi connectivity index (χ1v) is 14.2. The van der Waals surface area contributed by atoms with Crippen LogP contribution in [0.15, 0.2) is 65.6 Å². The third-order valence-electron chi connectivity index (χ3n) is 5.79. The van der Waals surface area contributed by atoms with E-state index in [1.807, 2.05) is 0 Å². The van der Waals surface area contributed by atoms with Gasteiger partial charge in [-0.3, -0.25) is 19.3 Å². The number of halogens is 4. The Labute approximate surface area is 256 Å². The van der Waals surface area contributed by atoms with Gasteiger partial charge in [0.25, 0.3) is 11.1 Å². The van der Waals surface area contributed by atoms with Gasteiger partial charge in [-0.2, -0.15) is 18.4 Å². The van der Waals surface area contributed by atoms with E-state index in [1.165, 1.54) is 12.1 Å². The van der Waals surface area contributed by atoms with Gasteiger partial charge in [-0.15, -0.1) is 0 Å². The summed E-state index contributed by atoms with van der Waals surface area (Å²) < 4.78 is 51.3. The van der Waals surface area contributed by atoms with Gasteiger partial charge in [0.2, 0.25) is 5.91 Å². The van der Waals surface area contributed by atoms with Crippen molar-refractivity contribution in [2.45, 2.75) is 19.7 Å². The number of amides is 3. The van der Waals surface area contributed by atoms with Crippen molar-refractivity contribution in [1.82, 2.24) is 4.90 Å². The first-order chi connectivity index (χ1) is 20.0. The van der Waals surface area contributed by atoms with Crippen LogP contribution in [0.25, 0.3) is 6.08 Å². The summed E-state index contributed by atoms with van der Waals surface area (Å²) >= 11 is 2.69. The van der Waals surface area contributed by atoms with Crippen LogP contribution in [0.1, 0.15) is 29.2 Å². The van der Waals surface area contributed by atoms with Crippen molar-refractivity contribution in [2.24, 2.45) is 0 Å². The van der Waals surface area contributed by atoms with Crippen molar-refractivity contribution in [1.29, 1.82) is 5.26 Å². The average Bonchev–Trinajstić information content (AvgIpc) is 3.19. The SMILES string of the molecule is CCOc1cc(/C=C2\SC(=O)N(CC(=O)Nc3cccc(C(F)(F)F)c3)C2=O)cc(I)c1OCc1ccccc1C#N. The molecule has 3 aromatic rings. The molecule has 0 unspecified atom stereocenters. The number of hydrogen-bond acceptors (Lipinski definition) is 7. The van der Waals surface area contributed by atoms with Crippen molar-refractivity contribution >= 4 is 63.2 Å². The van der Waals surface area contributed by atoms with E-state index < -0.39 is 35.3 Å². The van der Waals surface area contributed by atoms with Crippen molar-refractivity contribution in [3.8, 4) is 17.6 Å². The summed E-state index contributed by atoms with van der Waals surface area (Å²) in [5.74, 6) is -0.706. The Hall–Kier alpha value is -4.03. The molecule has 0 spiro atoms. The number of hydrogen-bond donors (Lipinski definition) is 1. The first-order valence-electron chi connectivity index (χ1n) is 12.3. The standard InChI is InChI=1S/C29H21F3IN3O5S/c1-2-40-23-11-17(10-22(33)26(23)41-16-19-7-4-3-6-18(19)14-34)12-24-27(38)36(28(39)42-24)15-25(37)35-21-9-5-8-20(13-21)29(30,31)32/h3-13H,2,15-16H2,1H3,(H,35,37)/b24-12-. The van der Waals surface area contributed by atoms with Crippen LogP contribution in [0.5, 0.6) is 11.5 Å². The number of nitrogens with zero attached hydrogens (tertiary/aromatic N) is 2. The molecule has 1 heterocycles. The minimum Gasteiger partial charge on any atom is -0.490 e. The van der Waals surface area contributed by atoms with Crippen molar-refractivity contribution in [3.63, 3.8) is 0 Å². The van der Waals surface area contributed by atoms with Gasteiger partial charge in [0.05, 0.1) is 32.3 Å². The topological polar surface area (TPSA) is 109 Å². The lowest BCUT2D eigenvalue weighted by Gasteiger charge is -2.15. The van der Waals surface area contributed by atoms with Crippen LogP contribution >= 0.6 is 34.4 Å². The monoisotopic (exact) mass is 707 g/mol. The van der Waals surface area contributed by atoms with Gasteiger partial charge in [-0.25, -0.2) is 0 Å². The molecule has 3 aromatic carbocycles. The Morgan fingerprint density at radius 3 is 2.60 bits per heavy atom. The summed E-state index contributed by atoms with van der Waals surface area (Å²) in [7, 11) is 0. The molecule has 1 aliphatic heterocycles. The summed E-state index contributed by atoms with van der Waals surface area (Å²) in [6.45, 7) is 1.57. The zero-order valence-corrected chi connectivity index (χ0v) is 24.8. The van der Waals surface area contributed by atoms with Crippen LogP contribution in [-0.4, -0.2) is 35.1 Å². The summed E-state index contributed by atoms with van der Waals surface area (Å²) in [6.07, 6.45) is -3.11. The fraction of sp³-hybridized carbons (Fsp3) is 0.172. The van der Waals surface area contributed by atoms with E-state index in [9.17, 15) is 32.8 Å². The lowest BCUT2D eigenvalue weighted by molar-refractivity contribution is -0.137. The molecule has 0 aliphatic carbocycles. The molecule has 0 saturated carbocycles. The molecule has 3 amide bonds. The van der Waals surface area contributed by atoms with Crippen molar-refractivity contribution in [3.05, 3.63) is 91.4 Å². The molecule has 1 N–H and O–H groups in total. The molecule has 0 bridgehead atoms. The third kappa shape index (κ3) is 7.42. The maximum atomic E-state index is 13.0. The predicted octanol–water partition coefficient (Wildman–Crippen LogP) is 6.83. The molecule has 4 rings (SSSR count). The van der Waals surface area contributed by atoms with Crippen LogP contribution in [0.2, 0.25) is 0 Å². The van der Waals surface area contributed by atoms with Crippen LogP contribution in [0, 0.1) is 14.9 Å². The second-order valence-electron chi connectivity index (χ2n) is 8.72. The molecular formula is C29H21F3IN3O5S.